The first-order chi connectivity index (χ1) is 23.8. The predicted octanol–water partition coefficient (Wildman–Crippen LogP) is 13.1. The second-order valence-corrected chi connectivity index (χ2v) is 12.2. The summed E-state index contributed by atoms with van der Waals surface area (Å²) in [5.74, 6) is 1.76. The Bertz CT molecular complexity index is 2300. The van der Waals surface area contributed by atoms with E-state index in [-0.39, 0.29) is 0 Å². The van der Waals surface area contributed by atoms with Crippen molar-refractivity contribution in [3.05, 3.63) is 188 Å². The molecule has 2 heteroatoms. The van der Waals surface area contributed by atoms with E-state index < -0.39 is 0 Å². The van der Waals surface area contributed by atoms with Crippen molar-refractivity contribution in [2.24, 2.45) is 0 Å². The third-order valence-corrected chi connectivity index (χ3v) is 9.28. The number of nitrogens with zero attached hydrogens (tertiary/aromatic N) is 1. The molecule has 226 valence electrons. The quantitative estimate of drug-likeness (QED) is 0.185. The van der Waals surface area contributed by atoms with Crippen LogP contribution in [0.1, 0.15) is 0 Å². The molecule has 0 aliphatic carbocycles. The molecule has 0 unspecified atom stereocenters. The van der Waals surface area contributed by atoms with E-state index in [1.165, 1.54) is 33.4 Å². The van der Waals surface area contributed by atoms with Crippen LogP contribution in [0.15, 0.2) is 188 Å². The van der Waals surface area contributed by atoms with Gasteiger partial charge in [0.1, 0.15) is 11.5 Å². The molecule has 0 aromatic heterocycles. The molecule has 0 amide bonds. The summed E-state index contributed by atoms with van der Waals surface area (Å²) in [5, 5.41) is 2.27. The lowest BCUT2D eigenvalue weighted by Crippen LogP contribution is -2.11. The van der Waals surface area contributed by atoms with E-state index >= 15 is 0 Å². The van der Waals surface area contributed by atoms with Gasteiger partial charge in [0.25, 0.3) is 0 Å². The van der Waals surface area contributed by atoms with Crippen LogP contribution < -0.4 is 9.64 Å². The average molecular weight is 614 g/mol. The number of ether oxygens (including phenoxy) is 1. The maximum absolute atomic E-state index is 6.67. The zero-order valence-corrected chi connectivity index (χ0v) is 26.3. The van der Waals surface area contributed by atoms with Gasteiger partial charge in [-0.1, -0.05) is 140 Å². The Hall–Kier alpha value is -6.38. The molecule has 0 fully saturated rings. The fourth-order valence-electron chi connectivity index (χ4n) is 6.91. The van der Waals surface area contributed by atoms with Crippen molar-refractivity contribution < 1.29 is 4.74 Å². The van der Waals surface area contributed by atoms with Gasteiger partial charge in [-0.05, 0) is 87.5 Å². The smallest absolute Gasteiger partial charge is 0.135 e. The fourth-order valence-corrected chi connectivity index (χ4v) is 6.91. The first kappa shape index (κ1) is 27.9. The standard InChI is InChI=1S/C46H31NO/c1-4-11-32(12-5-1)35-19-24-38(25-20-35)47(39-26-21-36(22-27-39)33-13-6-2-7-14-33)43-30-29-41-40-28-23-37(34-15-8-3-9-16-34)31-45(40)48-44-18-10-17-42(43)46(41)44/h1-31H. The molecule has 1 heterocycles. The van der Waals surface area contributed by atoms with Gasteiger partial charge in [0.2, 0.25) is 0 Å². The second-order valence-electron chi connectivity index (χ2n) is 12.2. The van der Waals surface area contributed by atoms with Gasteiger partial charge in [-0.2, -0.15) is 0 Å². The molecule has 0 saturated carbocycles. The Morgan fingerprint density at radius 2 is 0.812 bits per heavy atom. The number of rotatable bonds is 6. The van der Waals surface area contributed by atoms with Crippen LogP contribution >= 0.6 is 0 Å². The highest BCUT2D eigenvalue weighted by Gasteiger charge is 2.24. The van der Waals surface area contributed by atoms with Crippen molar-refractivity contribution in [3.63, 3.8) is 0 Å². The molecule has 8 aromatic carbocycles. The molecule has 8 aromatic rings. The van der Waals surface area contributed by atoms with Gasteiger partial charge in [0.15, 0.2) is 0 Å². The molecule has 0 bridgehead atoms. The minimum atomic E-state index is 0.876. The molecule has 0 N–H and O–H groups in total. The van der Waals surface area contributed by atoms with Gasteiger partial charge < -0.3 is 9.64 Å². The van der Waals surface area contributed by atoms with E-state index in [0.717, 1.165) is 50.5 Å². The lowest BCUT2D eigenvalue weighted by Gasteiger charge is -2.29. The number of hydrogen-bond donors (Lipinski definition) is 0. The van der Waals surface area contributed by atoms with Crippen molar-refractivity contribution in [3.8, 4) is 56.0 Å². The summed E-state index contributed by atoms with van der Waals surface area (Å²) in [6.45, 7) is 0. The lowest BCUT2D eigenvalue weighted by atomic mass is 9.91. The first-order valence-electron chi connectivity index (χ1n) is 16.3. The Morgan fingerprint density at radius 1 is 0.333 bits per heavy atom. The molecule has 0 radical (unpaired) electrons. The molecule has 1 aliphatic rings. The molecular formula is C46H31NO. The number of hydrogen-bond acceptors (Lipinski definition) is 2. The normalized spacial score (nSPS) is 11.5. The van der Waals surface area contributed by atoms with Crippen LogP contribution in [-0.2, 0) is 0 Å². The predicted molar refractivity (Wildman–Crippen MR) is 200 cm³/mol. The van der Waals surface area contributed by atoms with Gasteiger partial charge in [0, 0.05) is 27.7 Å². The lowest BCUT2D eigenvalue weighted by molar-refractivity contribution is 0.487. The van der Waals surface area contributed by atoms with Gasteiger partial charge in [0.05, 0.1) is 5.69 Å². The molecule has 0 atom stereocenters. The summed E-state index contributed by atoms with van der Waals surface area (Å²) in [6.07, 6.45) is 0. The molecular weight excluding hydrogens is 583 g/mol. The van der Waals surface area contributed by atoms with Crippen molar-refractivity contribution in [1.82, 2.24) is 0 Å². The Morgan fingerprint density at radius 3 is 1.38 bits per heavy atom. The minimum absolute atomic E-state index is 0.876. The summed E-state index contributed by atoms with van der Waals surface area (Å²) < 4.78 is 6.67. The van der Waals surface area contributed by atoms with E-state index in [1.807, 2.05) is 6.07 Å². The number of anilines is 3. The van der Waals surface area contributed by atoms with Crippen LogP contribution in [0.4, 0.5) is 17.1 Å². The van der Waals surface area contributed by atoms with E-state index in [2.05, 4.69) is 187 Å². The topological polar surface area (TPSA) is 12.5 Å². The summed E-state index contributed by atoms with van der Waals surface area (Å²) in [4.78, 5) is 2.36. The SMILES string of the molecule is c1ccc(-c2ccc(N(c3ccc(-c4ccccc4)cc3)c3ccc4c5c(cccc35)Oc3cc(-c5ccccc5)ccc3-4)cc2)cc1. The van der Waals surface area contributed by atoms with Crippen LogP contribution in [0.5, 0.6) is 11.5 Å². The molecule has 48 heavy (non-hydrogen) atoms. The Labute approximate surface area is 280 Å². The van der Waals surface area contributed by atoms with Crippen LogP contribution in [0, 0.1) is 0 Å². The molecule has 2 nitrogen and oxygen atoms in total. The van der Waals surface area contributed by atoms with Crippen LogP contribution in [0.25, 0.3) is 55.3 Å². The van der Waals surface area contributed by atoms with E-state index in [9.17, 15) is 0 Å². The summed E-state index contributed by atoms with van der Waals surface area (Å²) in [5.41, 5.74) is 12.7. The van der Waals surface area contributed by atoms with Crippen LogP contribution in [0.2, 0.25) is 0 Å². The molecule has 1 aliphatic heterocycles. The highest BCUT2D eigenvalue weighted by atomic mass is 16.5. The van der Waals surface area contributed by atoms with Crippen molar-refractivity contribution >= 4 is 27.8 Å². The van der Waals surface area contributed by atoms with E-state index in [1.54, 1.807) is 0 Å². The molecule has 0 saturated heterocycles. The largest absolute Gasteiger partial charge is 0.456 e. The van der Waals surface area contributed by atoms with E-state index in [4.69, 9.17) is 4.74 Å². The Balaban J connectivity index is 1.18. The summed E-state index contributed by atoms with van der Waals surface area (Å²) in [6, 6.07) is 66.8. The van der Waals surface area contributed by atoms with Crippen molar-refractivity contribution in [2.75, 3.05) is 4.90 Å². The van der Waals surface area contributed by atoms with Crippen LogP contribution in [-0.4, -0.2) is 0 Å². The van der Waals surface area contributed by atoms with E-state index in [0.29, 0.717) is 0 Å². The Kier molecular flexibility index (Phi) is 6.84. The van der Waals surface area contributed by atoms with Gasteiger partial charge in [-0.15, -0.1) is 0 Å². The molecule has 9 rings (SSSR count). The monoisotopic (exact) mass is 613 g/mol. The minimum Gasteiger partial charge on any atom is -0.456 e. The number of benzene rings is 8. The summed E-state index contributed by atoms with van der Waals surface area (Å²) >= 11 is 0. The van der Waals surface area contributed by atoms with Crippen LogP contribution in [0.3, 0.4) is 0 Å². The van der Waals surface area contributed by atoms with Gasteiger partial charge in [-0.25, -0.2) is 0 Å². The molecule has 0 spiro atoms. The third-order valence-electron chi connectivity index (χ3n) is 9.28. The zero-order chi connectivity index (χ0) is 31.9. The highest BCUT2D eigenvalue weighted by Crippen LogP contribution is 2.51. The first-order valence-corrected chi connectivity index (χ1v) is 16.3. The zero-order valence-electron chi connectivity index (χ0n) is 26.3. The van der Waals surface area contributed by atoms with Crippen molar-refractivity contribution in [2.45, 2.75) is 0 Å². The third kappa shape index (κ3) is 4.92. The number of fused-ring (bicyclic) bond motifs is 2. The summed E-state index contributed by atoms with van der Waals surface area (Å²) in [7, 11) is 0. The van der Waals surface area contributed by atoms with Gasteiger partial charge in [-0.3, -0.25) is 0 Å². The average Bonchev–Trinajstić information content (AvgIpc) is 3.17. The second kappa shape index (κ2) is 11.8. The van der Waals surface area contributed by atoms with Gasteiger partial charge >= 0.3 is 0 Å². The fraction of sp³-hybridized carbons (Fsp3) is 0. The maximum Gasteiger partial charge on any atom is 0.135 e. The van der Waals surface area contributed by atoms with Crippen molar-refractivity contribution in [1.29, 1.82) is 0 Å². The highest BCUT2D eigenvalue weighted by molar-refractivity contribution is 6.11. The maximum atomic E-state index is 6.67.